The first-order chi connectivity index (χ1) is 6.99. The number of rotatable bonds is 0. The van der Waals surface area contributed by atoms with Gasteiger partial charge in [0.2, 0.25) is 0 Å². The Kier molecular flexibility index (Phi) is 2.51. The largest absolute Gasteiger partial charge is 0.462 e. The third-order valence-corrected chi connectivity index (χ3v) is 3.60. The Labute approximate surface area is 90.2 Å². The molecule has 86 valence electrons. The summed E-state index contributed by atoms with van der Waals surface area (Å²) in [5.74, 6) is -0.246. The van der Waals surface area contributed by atoms with Gasteiger partial charge in [0.05, 0.1) is 5.54 Å². The molecule has 0 radical (unpaired) electrons. The maximum absolute atomic E-state index is 11.8. The molecule has 1 aliphatic carbocycles. The van der Waals surface area contributed by atoms with Crippen molar-refractivity contribution in [3.05, 3.63) is 0 Å². The smallest absolute Gasteiger partial charge is 0.329 e. The number of hydrogen-bond acceptors (Lipinski definition) is 4. The maximum atomic E-state index is 11.8. The van der Waals surface area contributed by atoms with E-state index in [1.54, 1.807) is 0 Å². The average Bonchev–Trinajstić information content (AvgIpc) is 2.24. The first kappa shape index (κ1) is 10.9. The molecule has 0 bridgehead atoms. The van der Waals surface area contributed by atoms with E-state index in [0.29, 0.717) is 12.8 Å². The lowest BCUT2D eigenvalue weighted by Crippen LogP contribution is -2.67. The number of esters is 1. The second kappa shape index (κ2) is 3.46. The number of morpholine rings is 1. The van der Waals surface area contributed by atoms with Crippen LogP contribution in [0.15, 0.2) is 0 Å². The number of cyclic esters (lactones) is 1. The van der Waals surface area contributed by atoms with E-state index in [1.807, 2.05) is 13.8 Å². The zero-order valence-electron chi connectivity index (χ0n) is 9.45. The van der Waals surface area contributed by atoms with E-state index in [9.17, 15) is 10.0 Å². The van der Waals surface area contributed by atoms with Gasteiger partial charge in [0.15, 0.2) is 0 Å². The highest BCUT2D eigenvalue weighted by molar-refractivity contribution is 5.81. The van der Waals surface area contributed by atoms with E-state index in [1.165, 1.54) is 5.06 Å². The van der Waals surface area contributed by atoms with Crippen LogP contribution in [0.4, 0.5) is 0 Å². The normalized spacial score (nSPS) is 30.2. The number of nitrogens with zero attached hydrogens (tertiary/aromatic N) is 1. The zero-order valence-corrected chi connectivity index (χ0v) is 9.45. The van der Waals surface area contributed by atoms with Crippen molar-refractivity contribution in [2.24, 2.45) is 0 Å². The molecule has 1 spiro atoms. The fraction of sp³-hybridized carbons (Fsp3) is 0.909. The van der Waals surface area contributed by atoms with Crippen LogP contribution in [0.2, 0.25) is 0 Å². The summed E-state index contributed by atoms with van der Waals surface area (Å²) in [7, 11) is 0. The van der Waals surface area contributed by atoms with Gasteiger partial charge in [-0.1, -0.05) is 19.3 Å². The lowest BCUT2D eigenvalue weighted by molar-refractivity contribution is -0.278. The van der Waals surface area contributed by atoms with Gasteiger partial charge in [0.1, 0.15) is 12.1 Å². The molecule has 0 aromatic carbocycles. The van der Waals surface area contributed by atoms with E-state index in [2.05, 4.69) is 0 Å². The fourth-order valence-corrected chi connectivity index (χ4v) is 2.66. The Bertz CT molecular complexity index is 269. The van der Waals surface area contributed by atoms with Gasteiger partial charge < -0.3 is 9.94 Å². The predicted octanol–water partition coefficient (Wildman–Crippen LogP) is 1.72. The predicted molar refractivity (Wildman–Crippen MR) is 54.5 cm³/mol. The Morgan fingerprint density at radius 1 is 1.27 bits per heavy atom. The average molecular weight is 213 g/mol. The van der Waals surface area contributed by atoms with Crippen LogP contribution < -0.4 is 0 Å². The quantitative estimate of drug-likeness (QED) is 0.622. The van der Waals surface area contributed by atoms with E-state index in [4.69, 9.17) is 4.74 Å². The van der Waals surface area contributed by atoms with E-state index < -0.39 is 11.1 Å². The molecular weight excluding hydrogens is 194 g/mol. The summed E-state index contributed by atoms with van der Waals surface area (Å²) < 4.78 is 5.22. The van der Waals surface area contributed by atoms with Crippen molar-refractivity contribution in [1.82, 2.24) is 5.06 Å². The third-order valence-electron chi connectivity index (χ3n) is 3.60. The van der Waals surface area contributed by atoms with E-state index >= 15 is 0 Å². The van der Waals surface area contributed by atoms with Crippen LogP contribution in [0.25, 0.3) is 0 Å². The highest BCUT2D eigenvalue weighted by Gasteiger charge is 2.54. The van der Waals surface area contributed by atoms with Crippen LogP contribution in [-0.2, 0) is 9.53 Å². The summed E-state index contributed by atoms with van der Waals surface area (Å²) in [5, 5.41) is 11.5. The van der Waals surface area contributed by atoms with Crippen LogP contribution in [0.1, 0.15) is 46.0 Å². The standard InChI is InChI=1S/C11H19NO3/c1-10(2)8-15-9(13)11(12(10)14)6-4-3-5-7-11/h14H,3-8H2,1-2H3. The molecule has 15 heavy (non-hydrogen) atoms. The van der Waals surface area contributed by atoms with Gasteiger partial charge in [-0.25, -0.2) is 4.79 Å². The summed E-state index contributed by atoms with van der Waals surface area (Å²) in [6.07, 6.45) is 4.55. The molecule has 4 nitrogen and oxygen atoms in total. The van der Waals surface area contributed by atoms with Crippen molar-refractivity contribution in [2.45, 2.75) is 57.0 Å². The van der Waals surface area contributed by atoms with Crippen molar-refractivity contribution in [2.75, 3.05) is 6.61 Å². The van der Waals surface area contributed by atoms with Crippen molar-refractivity contribution >= 4 is 5.97 Å². The summed E-state index contributed by atoms with van der Waals surface area (Å²) in [6.45, 7) is 4.07. The van der Waals surface area contributed by atoms with Crippen LogP contribution in [0.5, 0.6) is 0 Å². The Morgan fingerprint density at radius 2 is 1.87 bits per heavy atom. The molecule has 0 amide bonds. The minimum absolute atomic E-state index is 0.246. The monoisotopic (exact) mass is 213 g/mol. The molecule has 0 aromatic heterocycles. The summed E-state index contributed by atoms with van der Waals surface area (Å²) in [4.78, 5) is 11.8. The second-order valence-electron chi connectivity index (χ2n) is 5.29. The van der Waals surface area contributed by atoms with Gasteiger partial charge in [0, 0.05) is 0 Å². The van der Waals surface area contributed by atoms with Gasteiger partial charge in [-0.05, 0) is 26.7 Å². The number of carbonyl (C=O) groups is 1. The van der Waals surface area contributed by atoms with Crippen LogP contribution in [0, 0.1) is 0 Å². The molecule has 2 fully saturated rings. The van der Waals surface area contributed by atoms with Gasteiger partial charge in [-0.3, -0.25) is 0 Å². The van der Waals surface area contributed by atoms with Crippen molar-refractivity contribution in [3.63, 3.8) is 0 Å². The molecule has 1 saturated heterocycles. The molecule has 0 atom stereocenters. The minimum Gasteiger partial charge on any atom is -0.462 e. The minimum atomic E-state index is -0.764. The van der Waals surface area contributed by atoms with Gasteiger partial charge in [-0.2, -0.15) is 5.06 Å². The van der Waals surface area contributed by atoms with E-state index in [0.717, 1.165) is 19.3 Å². The van der Waals surface area contributed by atoms with Crippen molar-refractivity contribution in [3.8, 4) is 0 Å². The molecular formula is C11H19NO3. The topological polar surface area (TPSA) is 49.8 Å². The van der Waals surface area contributed by atoms with Crippen molar-refractivity contribution in [1.29, 1.82) is 0 Å². The molecule has 1 N–H and O–H groups in total. The highest BCUT2D eigenvalue weighted by Crippen LogP contribution is 2.40. The van der Waals surface area contributed by atoms with Crippen LogP contribution >= 0.6 is 0 Å². The number of hydroxylamine groups is 2. The number of carbonyl (C=O) groups excluding carboxylic acids is 1. The maximum Gasteiger partial charge on any atom is 0.329 e. The summed E-state index contributed by atoms with van der Waals surface area (Å²) in [6, 6.07) is 0. The van der Waals surface area contributed by atoms with Gasteiger partial charge in [-0.15, -0.1) is 0 Å². The lowest BCUT2D eigenvalue weighted by Gasteiger charge is -2.51. The first-order valence-corrected chi connectivity index (χ1v) is 5.65. The van der Waals surface area contributed by atoms with Crippen LogP contribution in [-0.4, -0.2) is 33.9 Å². The Balaban J connectivity index is 2.29. The molecule has 4 heteroatoms. The molecule has 2 rings (SSSR count). The lowest BCUT2D eigenvalue weighted by atomic mass is 9.78. The molecule has 1 saturated carbocycles. The number of hydrogen-bond donors (Lipinski definition) is 1. The number of ether oxygens (including phenoxy) is 1. The highest BCUT2D eigenvalue weighted by atomic mass is 16.6. The fourth-order valence-electron chi connectivity index (χ4n) is 2.66. The molecule has 1 aliphatic heterocycles. The Morgan fingerprint density at radius 3 is 2.47 bits per heavy atom. The second-order valence-corrected chi connectivity index (χ2v) is 5.29. The SMILES string of the molecule is CC1(C)COC(=O)C2(CCCCC2)N1O. The van der Waals surface area contributed by atoms with Crippen molar-refractivity contribution < 1.29 is 14.7 Å². The zero-order chi connectivity index (χ0) is 11.1. The summed E-state index contributed by atoms with van der Waals surface area (Å²) in [5.41, 5.74) is -1.23. The van der Waals surface area contributed by atoms with Crippen LogP contribution in [0.3, 0.4) is 0 Å². The third kappa shape index (κ3) is 1.56. The molecule has 0 unspecified atom stereocenters. The van der Waals surface area contributed by atoms with E-state index in [-0.39, 0.29) is 12.6 Å². The molecule has 2 aliphatic rings. The molecule has 1 heterocycles. The van der Waals surface area contributed by atoms with Gasteiger partial charge >= 0.3 is 5.97 Å². The molecule has 0 aromatic rings. The summed E-state index contributed by atoms with van der Waals surface area (Å²) >= 11 is 0. The Hall–Kier alpha value is -0.610. The van der Waals surface area contributed by atoms with Gasteiger partial charge in [0.25, 0.3) is 0 Å². The first-order valence-electron chi connectivity index (χ1n) is 5.65.